The quantitative estimate of drug-likeness (QED) is 0.181. The monoisotopic (exact) mass is 473 g/mol. The minimum Gasteiger partial charge on any atom is -0.445 e. The molecule has 3 aromatic rings. The van der Waals surface area contributed by atoms with Crippen LogP contribution in [0, 0.1) is 5.92 Å². The number of ether oxygens (including phenoxy) is 1. The molecule has 1 aromatic heterocycles. The molecule has 35 heavy (non-hydrogen) atoms. The third-order valence-electron chi connectivity index (χ3n) is 5.71. The lowest BCUT2D eigenvalue weighted by molar-refractivity contribution is 0.0755. The van der Waals surface area contributed by atoms with E-state index < -0.39 is 0 Å². The van der Waals surface area contributed by atoms with Crippen molar-refractivity contribution in [3.05, 3.63) is 84.3 Å². The summed E-state index contributed by atoms with van der Waals surface area (Å²) in [6, 6.07) is 15.8. The van der Waals surface area contributed by atoms with Gasteiger partial charge in [0.1, 0.15) is 12.0 Å². The molecule has 0 fully saturated rings. The molecule has 3 rings (SSSR count). The van der Waals surface area contributed by atoms with E-state index >= 15 is 0 Å². The molecule has 0 saturated carbocycles. The number of hydrogen-bond acceptors (Lipinski definition) is 5. The molecule has 0 bridgehead atoms. The maximum Gasteiger partial charge on any atom is 0.253 e. The standard InChI is InChI=1S/C29H35N3O3/c1-6-14-32(15-7-2)29(33)26-19-24(18-25(20-26)28-31-13-16-34-28)22(4)35-27(30-5)21(3)17-23-11-9-8-10-12-23/h8-13,16,18-21H,4,6-7,14-15,17H2,1-3,5H3/t21-/m0/s1. The molecule has 0 radical (unpaired) electrons. The van der Waals surface area contributed by atoms with E-state index in [-0.39, 0.29) is 11.8 Å². The average Bonchev–Trinajstić information content (AvgIpc) is 3.42. The Bertz CT molecular complexity index is 1130. The van der Waals surface area contributed by atoms with Gasteiger partial charge < -0.3 is 14.1 Å². The number of carbonyl (C=O) groups excluding carboxylic acids is 1. The van der Waals surface area contributed by atoms with E-state index in [0.29, 0.717) is 47.3 Å². The van der Waals surface area contributed by atoms with Gasteiger partial charge in [0.2, 0.25) is 5.89 Å². The zero-order chi connectivity index (χ0) is 25.2. The molecule has 6 heteroatoms. The Morgan fingerprint density at radius 3 is 2.40 bits per heavy atom. The van der Waals surface area contributed by atoms with Crippen LogP contribution in [0.15, 0.2) is 77.0 Å². The normalized spacial score (nSPS) is 12.3. The Kier molecular flexibility index (Phi) is 9.41. The molecule has 0 unspecified atom stereocenters. The van der Waals surface area contributed by atoms with Gasteiger partial charge in [0, 0.05) is 42.7 Å². The predicted octanol–water partition coefficient (Wildman–Crippen LogP) is 6.50. The molecule has 0 aliphatic heterocycles. The lowest BCUT2D eigenvalue weighted by atomic mass is 10.0. The summed E-state index contributed by atoms with van der Waals surface area (Å²) in [5, 5.41) is 0. The Morgan fingerprint density at radius 2 is 1.80 bits per heavy atom. The fraction of sp³-hybridized carbons (Fsp3) is 0.345. The van der Waals surface area contributed by atoms with E-state index in [4.69, 9.17) is 9.15 Å². The number of nitrogens with zero attached hydrogens (tertiary/aromatic N) is 3. The van der Waals surface area contributed by atoms with Crippen LogP contribution in [-0.4, -0.2) is 41.8 Å². The lowest BCUT2D eigenvalue weighted by Gasteiger charge is -2.22. The molecular weight excluding hydrogens is 438 g/mol. The number of aliphatic imine (C=N–C) groups is 1. The number of hydrogen-bond donors (Lipinski definition) is 0. The van der Waals surface area contributed by atoms with Gasteiger partial charge in [-0.1, -0.05) is 57.7 Å². The van der Waals surface area contributed by atoms with Crippen LogP contribution in [0.25, 0.3) is 17.2 Å². The first-order valence-corrected chi connectivity index (χ1v) is 12.2. The SMILES string of the molecule is C=C(OC(=NC)[C@@H](C)Cc1ccccc1)c1cc(C(=O)N(CCC)CCC)cc(-c2ncco2)c1. The zero-order valence-corrected chi connectivity index (χ0v) is 21.2. The summed E-state index contributed by atoms with van der Waals surface area (Å²) in [7, 11) is 1.72. The number of carbonyl (C=O) groups is 1. The van der Waals surface area contributed by atoms with E-state index in [1.807, 2.05) is 41.3 Å². The van der Waals surface area contributed by atoms with Crippen LogP contribution in [0.2, 0.25) is 0 Å². The molecule has 1 amide bonds. The van der Waals surface area contributed by atoms with Gasteiger partial charge in [0.25, 0.3) is 5.91 Å². The molecule has 0 aliphatic carbocycles. The lowest BCUT2D eigenvalue weighted by Crippen LogP contribution is -2.32. The van der Waals surface area contributed by atoms with Crippen molar-refractivity contribution in [3.8, 4) is 11.5 Å². The fourth-order valence-corrected chi connectivity index (χ4v) is 4.05. The molecule has 1 atom stereocenters. The number of aromatic nitrogens is 1. The third-order valence-corrected chi connectivity index (χ3v) is 5.71. The van der Waals surface area contributed by atoms with Crippen molar-refractivity contribution in [2.24, 2.45) is 10.9 Å². The van der Waals surface area contributed by atoms with Crippen LogP contribution in [0.3, 0.4) is 0 Å². The highest BCUT2D eigenvalue weighted by Crippen LogP contribution is 2.27. The highest BCUT2D eigenvalue weighted by molar-refractivity contribution is 5.96. The summed E-state index contributed by atoms with van der Waals surface area (Å²) in [5.74, 6) is 1.48. The average molecular weight is 474 g/mol. The largest absolute Gasteiger partial charge is 0.445 e. The fourth-order valence-electron chi connectivity index (χ4n) is 4.05. The van der Waals surface area contributed by atoms with Gasteiger partial charge in [-0.15, -0.1) is 0 Å². The summed E-state index contributed by atoms with van der Waals surface area (Å²) < 4.78 is 11.7. The molecule has 0 aliphatic rings. The van der Waals surface area contributed by atoms with Crippen LogP contribution >= 0.6 is 0 Å². The van der Waals surface area contributed by atoms with Gasteiger partial charge in [-0.2, -0.15) is 0 Å². The van der Waals surface area contributed by atoms with Gasteiger partial charge in [0.05, 0.1) is 6.20 Å². The molecule has 184 valence electrons. The van der Waals surface area contributed by atoms with Crippen LogP contribution < -0.4 is 0 Å². The molecule has 0 saturated heterocycles. The molecule has 6 nitrogen and oxygen atoms in total. The number of amides is 1. The molecule has 0 spiro atoms. The molecule has 1 heterocycles. The Balaban J connectivity index is 1.89. The maximum absolute atomic E-state index is 13.4. The summed E-state index contributed by atoms with van der Waals surface area (Å²) in [5.41, 5.74) is 3.14. The highest BCUT2D eigenvalue weighted by atomic mass is 16.5. The second-order valence-electron chi connectivity index (χ2n) is 8.61. The number of benzene rings is 2. The van der Waals surface area contributed by atoms with E-state index in [1.54, 1.807) is 13.2 Å². The van der Waals surface area contributed by atoms with Gasteiger partial charge >= 0.3 is 0 Å². The van der Waals surface area contributed by atoms with Crippen molar-refractivity contribution in [2.45, 2.75) is 40.0 Å². The number of rotatable bonds is 11. The summed E-state index contributed by atoms with van der Waals surface area (Å²) >= 11 is 0. The van der Waals surface area contributed by atoms with E-state index in [1.165, 1.54) is 11.8 Å². The van der Waals surface area contributed by atoms with Crippen molar-refractivity contribution in [2.75, 3.05) is 20.1 Å². The molecular formula is C29H35N3O3. The van der Waals surface area contributed by atoms with Crippen LogP contribution in [0.4, 0.5) is 0 Å². The predicted molar refractivity (Wildman–Crippen MR) is 141 cm³/mol. The highest BCUT2D eigenvalue weighted by Gasteiger charge is 2.20. The van der Waals surface area contributed by atoms with E-state index in [2.05, 4.69) is 49.5 Å². The minimum absolute atomic E-state index is 0.0296. The summed E-state index contributed by atoms with van der Waals surface area (Å²) in [6.07, 6.45) is 5.68. The molecule has 2 aromatic carbocycles. The Hall–Kier alpha value is -3.67. The van der Waals surface area contributed by atoms with Crippen molar-refractivity contribution in [1.29, 1.82) is 0 Å². The van der Waals surface area contributed by atoms with Gasteiger partial charge in [0.15, 0.2) is 5.90 Å². The van der Waals surface area contributed by atoms with Crippen LogP contribution in [-0.2, 0) is 11.2 Å². The number of oxazole rings is 1. The second kappa shape index (κ2) is 12.7. The van der Waals surface area contributed by atoms with Crippen LogP contribution in [0.5, 0.6) is 0 Å². The Morgan fingerprint density at radius 1 is 1.11 bits per heavy atom. The van der Waals surface area contributed by atoms with Crippen LogP contribution in [0.1, 0.15) is 55.1 Å². The summed E-state index contributed by atoms with van der Waals surface area (Å²) in [6.45, 7) is 11.8. The van der Waals surface area contributed by atoms with Crippen molar-refractivity contribution in [1.82, 2.24) is 9.88 Å². The smallest absolute Gasteiger partial charge is 0.253 e. The second-order valence-corrected chi connectivity index (χ2v) is 8.61. The van der Waals surface area contributed by atoms with E-state index in [0.717, 1.165) is 19.3 Å². The first kappa shape index (κ1) is 25.9. The third kappa shape index (κ3) is 6.92. The van der Waals surface area contributed by atoms with Gasteiger partial charge in [-0.25, -0.2) is 4.98 Å². The van der Waals surface area contributed by atoms with Crippen molar-refractivity contribution >= 4 is 17.6 Å². The van der Waals surface area contributed by atoms with Crippen molar-refractivity contribution in [3.63, 3.8) is 0 Å². The topological polar surface area (TPSA) is 67.9 Å². The van der Waals surface area contributed by atoms with E-state index in [9.17, 15) is 4.79 Å². The Labute approximate surface area is 208 Å². The first-order chi connectivity index (χ1) is 17.0. The van der Waals surface area contributed by atoms with Crippen molar-refractivity contribution < 1.29 is 13.9 Å². The maximum atomic E-state index is 13.4. The van der Waals surface area contributed by atoms with Gasteiger partial charge in [-0.3, -0.25) is 9.79 Å². The minimum atomic E-state index is -0.0296. The first-order valence-electron chi connectivity index (χ1n) is 12.2. The van der Waals surface area contributed by atoms with Gasteiger partial charge in [-0.05, 0) is 43.0 Å². The molecule has 0 N–H and O–H groups in total. The zero-order valence-electron chi connectivity index (χ0n) is 21.2. The summed E-state index contributed by atoms with van der Waals surface area (Å²) in [4.78, 5) is 23.9.